The largest absolute Gasteiger partial charge is 0.398 e. The SMILES string of the molecule is Cc1cnc(Cl)c(NC(=O)c2cc(Cl)ccc2N)c1. The quantitative estimate of drug-likeness (QED) is 0.658. The molecule has 19 heavy (non-hydrogen) atoms. The van der Waals surface area contributed by atoms with Gasteiger partial charge in [0.25, 0.3) is 5.91 Å². The minimum Gasteiger partial charge on any atom is -0.398 e. The second-order valence-electron chi connectivity index (χ2n) is 4.04. The lowest BCUT2D eigenvalue weighted by molar-refractivity contribution is 0.102. The van der Waals surface area contributed by atoms with Crippen molar-refractivity contribution in [1.82, 2.24) is 4.98 Å². The lowest BCUT2D eigenvalue weighted by Crippen LogP contribution is -2.14. The number of nitrogens with one attached hydrogen (secondary N) is 1. The second-order valence-corrected chi connectivity index (χ2v) is 4.83. The van der Waals surface area contributed by atoms with E-state index >= 15 is 0 Å². The molecule has 1 amide bonds. The van der Waals surface area contributed by atoms with Gasteiger partial charge in [0.15, 0.2) is 5.15 Å². The molecule has 6 heteroatoms. The molecule has 1 aromatic carbocycles. The second kappa shape index (κ2) is 5.47. The van der Waals surface area contributed by atoms with E-state index in [2.05, 4.69) is 10.3 Å². The van der Waals surface area contributed by atoms with E-state index in [1.54, 1.807) is 24.4 Å². The highest BCUT2D eigenvalue weighted by Gasteiger charge is 2.12. The third kappa shape index (κ3) is 3.16. The van der Waals surface area contributed by atoms with Crippen molar-refractivity contribution < 1.29 is 4.79 Å². The average Bonchev–Trinajstić information content (AvgIpc) is 2.36. The number of benzene rings is 1. The zero-order chi connectivity index (χ0) is 14.0. The predicted octanol–water partition coefficient (Wildman–Crippen LogP) is 3.53. The van der Waals surface area contributed by atoms with Crippen LogP contribution in [0.3, 0.4) is 0 Å². The van der Waals surface area contributed by atoms with Crippen LogP contribution < -0.4 is 11.1 Å². The number of nitrogen functional groups attached to an aromatic ring is 1. The molecule has 3 N–H and O–H groups in total. The fourth-order valence-corrected chi connectivity index (χ4v) is 1.88. The van der Waals surface area contributed by atoms with Crippen LogP contribution in [0.2, 0.25) is 10.2 Å². The zero-order valence-electron chi connectivity index (χ0n) is 10.1. The summed E-state index contributed by atoms with van der Waals surface area (Å²) >= 11 is 11.8. The summed E-state index contributed by atoms with van der Waals surface area (Å²) in [5.41, 5.74) is 7.71. The van der Waals surface area contributed by atoms with E-state index in [9.17, 15) is 4.79 Å². The summed E-state index contributed by atoms with van der Waals surface area (Å²) in [4.78, 5) is 16.1. The Bertz CT molecular complexity index is 644. The molecule has 0 unspecified atom stereocenters. The molecule has 98 valence electrons. The molecule has 0 spiro atoms. The molecule has 2 aromatic rings. The molecule has 1 aromatic heterocycles. The summed E-state index contributed by atoms with van der Waals surface area (Å²) in [6.07, 6.45) is 1.62. The van der Waals surface area contributed by atoms with Gasteiger partial charge in [-0.3, -0.25) is 4.79 Å². The molecular formula is C13H11Cl2N3O. The number of amides is 1. The normalized spacial score (nSPS) is 10.3. The number of rotatable bonds is 2. The molecular weight excluding hydrogens is 285 g/mol. The van der Waals surface area contributed by atoms with E-state index in [1.165, 1.54) is 6.07 Å². The van der Waals surface area contributed by atoms with Crippen LogP contribution in [0.15, 0.2) is 30.5 Å². The first-order valence-electron chi connectivity index (χ1n) is 5.46. The minimum atomic E-state index is -0.380. The molecule has 0 radical (unpaired) electrons. The van der Waals surface area contributed by atoms with Gasteiger partial charge >= 0.3 is 0 Å². The van der Waals surface area contributed by atoms with E-state index in [0.29, 0.717) is 22.0 Å². The van der Waals surface area contributed by atoms with E-state index in [4.69, 9.17) is 28.9 Å². The number of carbonyl (C=O) groups excluding carboxylic acids is 1. The van der Waals surface area contributed by atoms with Gasteiger partial charge in [-0.1, -0.05) is 23.2 Å². The highest BCUT2D eigenvalue weighted by Crippen LogP contribution is 2.23. The van der Waals surface area contributed by atoms with Gasteiger partial charge in [-0.15, -0.1) is 0 Å². The predicted molar refractivity (Wildman–Crippen MR) is 77.8 cm³/mol. The van der Waals surface area contributed by atoms with Crippen molar-refractivity contribution in [1.29, 1.82) is 0 Å². The third-order valence-corrected chi connectivity index (χ3v) is 3.02. The van der Waals surface area contributed by atoms with Crippen molar-refractivity contribution in [3.05, 3.63) is 51.8 Å². The summed E-state index contributed by atoms with van der Waals surface area (Å²) in [5, 5.41) is 3.32. The van der Waals surface area contributed by atoms with Crippen molar-refractivity contribution in [3.8, 4) is 0 Å². The standard InChI is InChI=1S/C13H11Cl2N3O/c1-7-4-11(12(15)17-6-7)18-13(19)9-5-8(14)2-3-10(9)16/h2-6H,16H2,1H3,(H,18,19). The molecule has 0 bridgehead atoms. The van der Waals surface area contributed by atoms with Crippen LogP contribution in [0.4, 0.5) is 11.4 Å². The molecule has 4 nitrogen and oxygen atoms in total. The van der Waals surface area contributed by atoms with Crippen LogP contribution in [-0.4, -0.2) is 10.9 Å². The van der Waals surface area contributed by atoms with Crippen molar-refractivity contribution in [2.24, 2.45) is 0 Å². The molecule has 0 saturated carbocycles. The molecule has 0 atom stereocenters. The fraction of sp³-hybridized carbons (Fsp3) is 0.0769. The van der Waals surface area contributed by atoms with Crippen LogP contribution >= 0.6 is 23.2 Å². The van der Waals surface area contributed by atoms with Crippen molar-refractivity contribution in [3.63, 3.8) is 0 Å². The number of carbonyl (C=O) groups is 1. The molecule has 2 rings (SSSR count). The van der Waals surface area contributed by atoms with Gasteiger partial charge < -0.3 is 11.1 Å². The number of nitrogens with zero attached hydrogens (tertiary/aromatic N) is 1. The number of nitrogens with two attached hydrogens (primary N) is 1. The number of hydrogen-bond acceptors (Lipinski definition) is 3. The Morgan fingerprint density at radius 2 is 2.05 bits per heavy atom. The number of pyridine rings is 1. The highest BCUT2D eigenvalue weighted by atomic mass is 35.5. The van der Waals surface area contributed by atoms with Crippen LogP contribution in [0.25, 0.3) is 0 Å². The number of anilines is 2. The van der Waals surface area contributed by atoms with Crippen molar-refractivity contribution in [2.75, 3.05) is 11.1 Å². The third-order valence-electron chi connectivity index (χ3n) is 2.48. The van der Waals surface area contributed by atoms with Crippen molar-refractivity contribution >= 4 is 40.5 Å². The first kappa shape index (κ1) is 13.6. The molecule has 0 aliphatic carbocycles. The monoisotopic (exact) mass is 295 g/mol. The van der Waals surface area contributed by atoms with Gasteiger partial charge in [0, 0.05) is 16.9 Å². The fourth-order valence-electron chi connectivity index (χ4n) is 1.55. The maximum Gasteiger partial charge on any atom is 0.257 e. The topological polar surface area (TPSA) is 68.0 Å². The Labute approximate surface area is 120 Å². The summed E-state index contributed by atoms with van der Waals surface area (Å²) in [7, 11) is 0. The zero-order valence-corrected chi connectivity index (χ0v) is 11.6. The lowest BCUT2D eigenvalue weighted by Gasteiger charge is -2.09. The van der Waals surface area contributed by atoms with Gasteiger partial charge in [-0.05, 0) is 36.8 Å². The van der Waals surface area contributed by atoms with Gasteiger partial charge in [0.05, 0.1) is 11.3 Å². The maximum absolute atomic E-state index is 12.1. The molecule has 0 fully saturated rings. The Morgan fingerprint density at radius 3 is 2.79 bits per heavy atom. The smallest absolute Gasteiger partial charge is 0.257 e. The summed E-state index contributed by atoms with van der Waals surface area (Å²) in [6.45, 7) is 1.85. The minimum absolute atomic E-state index is 0.222. The number of hydrogen-bond donors (Lipinski definition) is 2. The van der Waals surface area contributed by atoms with Crippen LogP contribution in [0, 0.1) is 6.92 Å². The highest BCUT2D eigenvalue weighted by molar-refractivity contribution is 6.33. The summed E-state index contributed by atoms with van der Waals surface area (Å²) in [6, 6.07) is 6.43. The first-order chi connectivity index (χ1) is 8.97. The van der Waals surface area contributed by atoms with Gasteiger partial charge in [0.1, 0.15) is 0 Å². The Morgan fingerprint density at radius 1 is 1.32 bits per heavy atom. The molecule has 1 heterocycles. The number of aryl methyl sites for hydroxylation is 1. The van der Waals surface area contributed by atoms with Crippen LogP contribution in [0.1, 0.15) is 15.9 Å². The maximum atomic E-state index is 12.1. The van der Waals surface area contributed by atoms with Crippen LogP contribution in [0.5, 0.6) is 0 Å². The van der Waals surface area contributed by atoms with Crippen molar-refractivity contribution in [2.45, 2.75) is 6.92 Å². The lowest BCUT2D eigenvalue weighted by atomic mass is 10.1. The molecule has 0 saturated heterocycles. The summed E-state index contributed by atoms with van der Waals surface area (Å²) in [5.74, 6) is -0.380. The Hall–Kier alpha value is -1.78. The van der Waals surface area contributed by atoms with E-state index in [1.807, 2.05) is 6.92 Å². The van der Waals surface area contributed by atoms with Crippen LogP contribution in [-0.2, 0) is 0 Å². The number of halogens is 2. The van der Waals surface area contributed by atoms with E-state index in [-0.39, 0.29) is 11.1 Å². The van der Waals surface area contributed by atoms with Gasteiger partial charge in [-0.25, -0.2) is 4.98 Å². The van der Waals surface area contributed by atoms with E-state index in [0.717, 1.165) is 5.56 Å². The molecule has 0 aliphatic rings. The molecule has 0 aliphatic heterocycles. The summed E-state index contributed by atoms with van der Waals surface area (Å²) < 4.78 is 0. The number of aromatic nitrogens is 1. The Balaban J connectivity index is 2.30. The first-order valence-corrected chi connectivity index (χ1v) is 6.21. The Kier molecular flexibility index (Phi) is 3.93. The van der Waals surface area contributed by atoms with E-state index < -0.39 is 0 Å². The van der Waals surface area contributed by atoms with Gasteiger partial charge in [-0.2, -0.15) is 0 Å². The average molecular weight is 296 g/mol. The van der Waals surface area contributed by atoms with Gasteiger partial charge in [0.2, 0.25) is 0 Å².